The maximum absolute atomic E-state index is 5.33. The molecule has 0 saturated heterocycles. The molecular weight excluding hydrogens is 453 g/mol. The summed E-state index contributed by atoms with van der Waals surface area (Å²) in [7, 11) is 3.64. The molecular formula is C20H38IN5O. The van der Waals surface area contributed by atoms with Crippen LogP contribution in [0.3, 0.4) is 0 Å². The van der Waals surface area contributed by atoms with E-state index in [0.717, 1.165) is 44.3 Å². The number of aromatic nitrogens is 2. The summed E-state index contributed by atoms with van der Waals surface area (Å²) in [6.45, 7) is 10.0. The van der Waals surface area contributed by atoms with Gasteiger partial charge >= 0.3 is 0 Å². The Labute approximate surface area is 181 Å². The fourth-order valence-corrected chi connectivity index (χ4v) is 3.94. The first-order valence-corrected chi connectivity index (χ1v) is 9.92. The molecule has 1 fully saturated rings. The topological polar surface area (TPSA) is 63.5 Å². The van der Waals surface area contributed by atoms with Crippen LogP contribution in [0.5, 0.6) is 0 Å². The highest BCUT2D eigenvalue weighted by Crippen LogP contribution is 2.40. The van der Waals surface area contributed by atoms with Crippen molar-refractivity contribution >= 4 is 29.9 Å². The number of rotatable bonds is 9. The quantitative estimate of drug-likeness (QED) is 0.315. The van der Waals surface area contributed by atoms with Gasteiger partial charge in [0.1, 0.15) is 0 Å². The van der Waals surface area contributed by atoms with Gasteiger partial charge in [-0.05, 0) is 50.5 Å². The molecule has 0 aliphatic heterocycles. The van der Waals surface area contributed by atoms with E-state index in [9.17, 15) is 0 Å². The third-order valence-electron chi connectivity index (χ3n) is 5.56. The monoisotopic (exact) mass is 491 g/mol. The highest BCUT2D eigenvalue weighted by Gasteiger charge is 2.33. The number of hydrogen-bond donors (Lipinski definition) is 2. The van der Waals surface area contributed by atoms with E-state index < -0.39 is 0 Å². The second-order valence-electron chi connectivity index (χ2n) is 7.97. The fourth-order valence-electron chi connectivity index (χ4n) is 3.94. The van der Waals surface area contributed by atoms with Gasteiger partial charge in [0, 0.05) is 46.1 Å². The summed E-state index contributed by atoms with van der Waals surface area (Å²) in [4.78, 5) is 4.40. The molecule has 0 aromatic carbocycles. The molecule has 1 saturated carbocycles. The van der Waals surface area contributed by atoms with Gasteiger partial charge in [0.25, 0.3) is 0 Å². The van der Waals surface area contributed by atoms with E-state index >= 15 is 0 Å². The maximum atomic E-state index is 5.33. The fraction of sp³-hybridized carbons (Fsp3) is 0.800. The minimum Gasteiger partial charge on any atom is -0.385 e. The first-order chi connectivity index (χ1) is 12.5. The lowest BCUT2D eigenvalue weighted by molar-refractivity contribution is 0.138. The van der Waals surface area contributed by atoms with Crippen molar-refractivity contribution in [3.8, 4) is 0 Å². The van der Waals surface area contributed by atoms with E-state index in [1.165, 1.54) is 31.4 Å². The Hall–Kier alpha value is -0.830. The van der Waals surface area contributed by atoms with Crippen LogP contribution in [0.15, 0.2) is 11.1 Å². The minimum absolute atomic E-state index is 0. The predicted molar refractivity (Wildman–Crippen MR) is 123 cm³/mol. The summed E-state index contributed by atoms with van der Waals surface area (Å²) in [5, 5.41) is 11.6. The Morgan fingerprint density at radius 2 is 2.04 bits per heavy atom. The maximum Gasteiger partial charge on any atom is 0.191 e. The van der Waals surface area contributed by atoms with Crippen molar-refractivity contribution in [3.63, 3.8) is 0 Å². The van der Waals surface area contributed by atoms with Gasteiger partial charge in [-0.2, -0.15) is 5.10 Å². The zero-order valence-electron chi connectivity index (χ0n) is 17.7. The summed E-state index contributed by atoms with van der Waals surface area (Å²) in [5.74, 6) is 1.37. The third kappa shape index (κ3) is 7.60. The van der Waals surface area contributed by atoms with Gasteiger partial charge in [0.15, 0.2) is 5.96 Å². The zero-order valence-corrected chi connectivity index (χ0v) is 20.0. The lowest BCUT2D eigenvalue weighted by atomic mass is 9.83. The van der Waals surface area contributed by atoms with Crippen molar-refractivity contribution in [3.05, 3.63) is 17.5 Å². The van der Waals surface area contributed by atoms with Crippen LogP contribution in [0.25, 0.3) is 0 Å². The number of methoxy groups -OCH3 is 1. The summed E-state index contributed by atoms with van der Waals surface area (Å²) < 4.78 is 7.42. The number of aliphatic imine (C=N–C) groups is 1. The molecule has 1 heterocycles. The second-order valence-corrected chi connectivity index (χ2v) is 7.97. The second kappa shape index (κ2) is 11.9. The van der Waals surface area contributed by atoms with Gasteiger partial charge in [-0.15, -0.1) is 24.0 Å². The molecule has 0 amide bonds. The standard InChI is InChI=1S/C20H37N5O.HI/c1-16(14-25-18(3)12-17(2)24-25)13-22-19(21-4)23-15-20(10-11-26-5)8-6-7-9-20;/h12,16H,6-11,13-15H2,1-5H3,(H2,21,22,23);1H. The Morgan fingerprint density at radius 1 is 1.33 bits per heavy atom. The molecule has 1 unspecified atom stereocenters. The number of halogens is 1. The number of ether oxygens (including phenoxy) is 1. The Bertz CT molecular complexity index is 581. The largest absolute Gasteiger partial charge is 0.385 e. The number of aryl methyl sites for hydroxylation is 2. The van der Waals surface area contributed by atoms with E-state index in [-0.39, 0.29) is 24.0 Å². The SMILES string of the molecule is CN=C(NCC(C)Cn1nc(C)cc1C)NCC1(CCOC)CCCC1.I. The molecule has 6 nitrogen and oxygen atoms in total. The first-order valence-electron chi connectivity index (χ1n) is 9.92. The zero-order chi connectivity index (χ0) is 19.0. The summed E-state index contributed by atoms with van der Waals surface area (Å²) in [5.41, 5.74) is 2.67. The lowest BCUT2D eigenvalue weighted by Gasteiger charge is -2.30. The van der Waals surface area contributed by atoms with Crippen LogP contribution in [-0.4, -0.2) is 49.6 Å². The van der Waals surface area contributed by atoms with E-state index in [1.54, 1.807) is 7.11 Å². The van der Waals surface area contributed by atoms with Crippen molar-refractivity contribution in [2.75, 3.05) is 33.9 Å². The molecule has 7 heteroatoms. The van der Waals surface area contributed by atoms with Gasteiger partial charge in [-0.1, -0.05) is 19.8 Å². The molecule has 1 aromatic rings. The molecule has 156 valence electrons. The summed E-state index contributed by atoms with van der Waals surface area (Å²) in [6.07, 6.45) is 6.36. The average Bonchev–Trinajstić information content (AvgIpc) is 3.20. The van der Waals surface area contributed by atoms with E-state index in [2.05, 4.69) is 45.3 Å². The molecule has 0 bridgehead atoms. The summed E-state index contributed by atoms with van der Waals surface area (Å²) in [6, 6.07) is 2.13. The molecule has 1 aromatic heterocycles. The Kier molecular flexibility index (Phi) is 10.7. The average molecular weight is 491 g/mol. The van der Waals surface area contributed by atoms with E-state index in [0.29, 0.717) is 11.3 Å². The molecule has 1 aliphatic carbocycles. The molecule has 2 N–H and O–H groups in total. The van der Waals surface area contributed by atoms with Gasteiger partial charge in [0.05, 0.1) is 5.69 Å². The number of guanidine groups is 1. The van der Waals surface area contributed by atoms with Gasteiger partial charge in [-0.25, -0.2) is 0 Å². The van der Waals surface area contributed by atoms with Crippen molar-refractivity contribution in [1.29, 1.82) is 0 Å². The minimum atomic E-state index is 0. The van der Waals surface area contributed by atoms with Crippen LogP contribution in [0.4, 0.5) is 0 Å². The van der Waals surface area contributed by atoms with Gasteiger partial charge in [0.2, 0.25) is 0 Å². The van der Waals surface area contributed by atoms with Crippen molar-refractivity contribution in [1.82, 2.24) is 20.4 Å². The number of hydrogen-bond acceptors (Lipinski definition) is 3. The molecule has 1 atom stereocenters. The van der Waals surface area contributed by atoms with Crippen LogP contribution in [0.2, 0.25) is 0 Å². The van der Waals surface area contributed by atoms with Crippen LogP contribution < -0.4 is 10.6 Å². The van der Waals surface area contributed by atoms with Crippen LogP contribution in [-0.2, 0) is 11.3 Å². The molecule has 2 rings (SSSR count). The van der Waals surface area contributed by atoms with Crippen molar-refractivity contribution in [2.24, 2.45) is 16.3 Å². The number of nitrogens with one attached hydrogen (secondary N) is 2. The first kappa shape index (κ1) is 24.2. The predicted octanol–water partition coefficient (Wildman–Crippen LogP) is 3.52. The Balaban J connectivity index is 0.00000364. The molecule has 27 heavy (non-hydrogen) atoms. The third-order valence-corrected chi connectivity index (χ3v) is 5.56. The van der Waals surface area contributed by atoms with E-state index in [4.69, 9.17) is 4.74 Å². The van der Waals surface area contributed by atoms with Crippen molar-refractivity contribution in [2.45, 2.75) is 59.4 Å². The summed E-state index contributed by atoms with van der Waals surface area (Å²) >= 11 is 0. The molecule has 0 radical (unpaired) electrons. The van der Waals surface area contributed by atoms with Crippen molar-refractivity contribution < 1.29 is 4.74 Å². The van der Waals surface area contributed by atoms with Crippen LogP contribution >= 0.6 is 24.0 Å². The Morgan fingerprint density at radius 3 is 2.59 bits per heavy atom. The molecule has 1 aliphatic rings. The normalized spacial score (nSPS) is 17.4. The van der Waals surface area contributed by atoms with Gasteiger partial charge in [-0.3, -0.25) is 9.67 Å². The number of nitrogens with zero attached hydrogens (tertiary/aromatic N) is 3. The smallest absolute Gasteiger partial charge is 0.191 e. The van der Waals surface area contributed by atoms with Crippen LogP contribution in [0, 0.1) is 25.2 Å². The van der Waals surface area contributed by atoms with Gasteiger partial charge < -0.3 is 15.4 Å². The van der Waals surface area contributed by atoms with E-state index in [1.807, 2.05) is 14.0 Å². The highest BCUT2D eigenvalue weighted by atomic mass is 127. The highest BCUT2D eigenvalue weighted by molar-refractivity contribution is 14.0. The van der Waals surface area contributed by atoms with Crippen LogP contribution in [0.1, 0.15) is 50.4 Å². The lowest BCUT2D eigenvalue weighted by Crippen LogP contribution is -2.44. The molecule has 0 spiro atoms.